The maximum atomic E-state index is 5.69. The monoisotopic (exact) mass is 225 g/mol. The van der Waals surface area contributed by atoms with Crippen LogP contribution in [0.4, 0.5) is 5.69 Å². The van der Waals surface area contributed by atoms with Gasteiger partial charge in [-0.1, -0.05) is 11.6 Å². The van der Waals surface area contributed by atoms with Crippen LogP contribution in [0.5, 0.6) is 11.9 Å². The van der Waals surface area contributed by atoms with E-state index in [4.69, 9.17) is 22.1 Å². The quantitative estimate of drug-likeness (QED) is 0.832. The lowest BCUT2D eigenvalue weighted by atomic mass is 10.4. The van der Waals surface area contributed by atoms with E-state index in [0.29, 0.717) is 10.7 Å². The second-order valence-electron chi connectivity index (χ2n) is 2.85. The van der Waals surface area contributed by atoms with Crippen LogP contribution in [0.15, 0.2) is 18.6 Å². The van der Waals surface area contributed by atoms with Crippen molar-refractivity contribution in [3.8, 4) is 11.9 Å². The van der Waals surface area contributed by atoms with E-state index in [-0.39, 0.29) is 11.9 Å². The average Bonchev–Trinajstić information content (AvgIpc) is 2.56. The highest BCUT2D eigenvalue weighted by Crippen LogP contribution is 2.24. The van der Waals surface area contributed by atoms with Gasteiger partial charge in [0.05, 0.1) is 10.7 Å². The van der Waals surface area contributed by atoms with Gasteiger partial charge in [0, 0.05) is 13.2 Å². The van der Waals surface area contributed by atoms with Gasteiger partial charge in [0.15, 0.2) is 0 Å². The summed E-state index contributed by atoms with van der Waals surface area (Å²) in [5.41, 5.74) is 5.98. The van der Waals surface area contributed by atoms with Gasteiger partial charge < -0.3 is 10.5 Å². The number of hydrogen-bond acceptors (Lipinski definition) is 5. The molecule has 0 amide bonds. The average molecular weight is 226 g/mol. The molecule has 2 aromatic heterocycles. The second-order valence-corrected chi connectivity index (χ2v) is 3.29. The Balaban J connectivity index is 2.24. The highest BCUT2D eigenvalue weighted by molar-refractivity contribution is 6.30. The number of nitrogens with zero attached hydrogens (tertiary/aromatic N) is 4. The lowest BCUT2D eigenvalue weighted by molar-refractivity contribution is 0.425. The Morgan fingerprint density at radius 2 is 2.27 bits per heavy atom. The zero-order valence-electron chi connectivity index (χ0n) is 7.88. The van der Waals surface area contributed by atoms with Crippen molar-refractivity contribution in [2.45, 2.75) is 0 Å². The predicted octanol–water partition coefficient (Wildman–Crippen LogP) is 1.24. The fourth-order valence-corrected chi connectivity index (χ4v) is 1.15. The van der Waals surface area contributed by atoms with E-state index in [1.165, 1.54) is 17.2 Å². The van der Waals surface area contributed by atoms with Crippen LogP contribution in [-0.2, 0) is 7.05 Å². The summed E-state index contributed by atoms with van der Waals surface area (Å²) in [7, 11) is 1.73. The molecule has 15 heavy (non-hydrogen) atoms. The molecule has 0 unspecified atom stereocenters. The van der Waals surface area contributed by atoms with Crippen LogP contribution in [0, 0.1) is 0 Å². The molecule has 0 aliphatic heterocycles. The van der Waals surface area contributed by atoms with Gasteiger partial charge >= 0.3 is 6.01 Å². The van der Waals surface area contributed by atoms with Gasteiger partial charge in [-0.15, -0.1) is 5.10 Å². The standard InChI is InChI=1S/C8H8ClN5O/c1-14-4-12-8(13-14)15-7-6(10)2-5(9)3-11-7/h2-4H,10H2,1H3. The van der Waals surface area contributed by atoms with Crippen molar-refractivity contribution < 1.29 is 4.74 Å². The molecule has 0 radical (unpaired) electrons. The molecule has 0 aliphatic carbocycles. The number of aromatic nitrogens is 4. The number of rotatable bonds is 2. The van der Waals surface area contributed by atoms with Gasteiger partial charge in [0.2, 0.25) is 5.88 Å². The summed E-state index contributed by atoms with van der Waals surface area (Å²) >= 11 is 5.69. The van der Waals surface area contributed by atoms with Crippen molar-refractivity contribution in [3.05, 3.63) is 23.6 Å². The molecule has 0 spiro atoms. The van der Waals surface area contributed by atoms with E-state index in [1.54, 1.807) is 13.1 Å². The summed E-state index contributed by atoms with van der Waals surface area (Å²) in [6.07, 6.45) is 2.96. The number of nitrogens with two attached hydrogens (primary N) is 1. The predicted molar refractivity (Wildman–Crippen MR) is 54.7 cm³/mol. The van der Waals surface area contributed by atoms with Crippen LogP contribution >= 0.6 is 11.6 Å². The Morgan fingerprint density at radius 3 is 2.87 bits per heavy atom. The molecule has 0 saturated carbocycles. The zero-order valence-corrected chi connectivity index (χ0v) is 8.64. The summed E-state index contributed by atoms with van der Waals surface area (Å²) in [5.74, 6) is 0.241. The first-order valence-electron chi connectivity index (χ1n) is 4.09. The SMILES string of the molecule is Cn1cnc(Oc2ncc(Cl)cc2N)n1. The van der Waals surface area contributed by atoms with Gasteiger partial charge in [-0.25, -0.2) is 4.98 Å². The van der Waals surface area contributed by atoms with E-state index in [0.717, 1.165) is 0 Å². The third-order valence-electron chi connectivity index (χ3n) is 1.61. The van der Waals surface area contributed by atoms with Crippen molar-refractivity contribution >= 4 is 17.3 Å². The molecule has 2 rings (SSSR count). The minimum Gasteiger partial charge on any atom is -0.402 e. The van der Waals surface area contributed by atoms with Crippen LogP contribution in [0.3, 0.4) is 0 Å². The minimum absolute atomic E-state index is 0.194. The summed E-state index contributed by atoms with van der Waals surface area (Å²) in [6, 6.07) is 1.74. The van der Waals surface area contributed by atoms with E-state index in [9.17, 15) is 0 Å². The Labute approximate surface area is 90.7 Å². The molecule has 0 fully saturated rings. The van der Waals surface area contributed by atoms with Crippen molar-refractivity contribution in [3.63, 3.8) is 0 Å². The fourth-order valence-electron chi connectivity index (χ4n) is 0.980. The molecule has 0 atom stereocenters. The van der Waals surface area contributed by atoms with Crippen molar-refractivity contribution in [2.24, 2.45) is 7.05 Å². The van der Waals surface area contributed by atoms with Gasteiger partial charge in [-0.3, -0.25) is 4.68 Å². The summed E-state index contributed by atoms with van der Waals surface area (Å²) in [6.45, 7) is 0. The van der Waals surface area contributed by atoms with Crippen molar-refractivity contribution in [2.75, 3.05) is 5.73 Å². The highest BCUT2D eigenvalue weighted by atomic mass is 35.5. The third kappa shape index (κ3) is 2.16. The van der Waals surface area contributed by atoms with E-state index < -0.39 is 0 Å². The molecule has 78 valence electrons. The molecule has 2 N–H and O–H groups in total. The number of hydrogen-bond donors (Lipinski definition) is 1. The lowest BCUT2D eigenvalue weighted by Crippen LogP contribution is -1.96. The van der Waals surface area contributed by atoms with E-state index >= 15 is 0 Å². The van der Waals surface area contributed by atoms with E-state index in [1.807, 2.05) is 0 Å². The molecular weight excluding hydrogens is 218 g/mol. The van der Waals surface area contributed by atoms with Crippen LogP contribution in [-0.4, -0.2) is 19.7 Å². The van der Waals surface area contributed by atoms with Crippen LogP contribution in [0.2, 0.25) is 5.02 Å². The lowest BCUT2D eigenvalue weighted by Gasteiger charge is -2.02. The largest absolute Gasteiger partial charge is 0.402 e. The Kier molecular flexibility index (Phi) is 2.42. The van der Waals surface area contributed by atoms with Gasteiger partial charge in [-0.2, -0.15) is 4.98 Å². The summed E-state index contributed by atoms with van der Waals surface area (Å²) in [5, 5.41) is 4.38. The first kappa shape index (κ1) is 9.72. The molecule has 6 nitrogen and oxygen atoms in total. The highest BCUT2D eigenvalue weighted by Gasteiger charge is 2.07. The van der Waals surface area contributed by atoms with Gasteiger partial charge in [0.1, 0.15) is 6.33 Å². The second kappa shape index (κ2) is 3.74. The third-order valence-corrected chi connectivity index (χ3v) is 1.82. The van der Waals surface area contributed by atoms with Crippen LogP contribution in [0.1, 0.15) is 0 Å². The maximum Gasteiger partial charge on any atom is 0.342 e. The number of halogens is 1. The first-order chi connectivity index (χ1) is 7.15. The molecule has 0 bridgehead atoms. The van der Waals surface area contributed by atoms with Crippen LogP contribution in [0.25, 0.3) is 0 Å². The number of ether oxygens (including phenoxy) is 1. The summed E-state index contributed by atoms with van der Waals surface area (Å²) < 4.78 is 6.76. The normalized spacial score (nSPS) is 10.3. The molecule has 0 aliphatic rings. The van der Waals surface area contributed by atoms with E-state index in [2.05, 4.69) is 15.1 Å². The molecule has 2 heterocycles. The maximum absolute atomic E-state index is 5.69. The Morgan fingerprint density at radius 1 is 1.47 bits per heavy atom. The molecule has 7 heteroatoms. The number of anilines is 1. The van der Waals surface area contributed by atoms with Crippen molar-refractivity contribution in [1.29, 1.82) is 0 Å². The zero-order chi connectivity index (χ0) is 10.8. The summed E-state index contributed by atoms with van der Waals surface area (Å²) in [4.78, 5) is 7.79. The Hall–Kier alpha value is -1.82. The molecule has 0 aromatic carbocycles. The topological polar surface area (TPSA) is 78.8 Å². The van der Waals surface area contributed by atoms with Crippen molar-refractivity contribution in [1.82, 2.24) is 19.7 Å². The fraction of sp³-hybridized carbons (Fsp3) is 0.125. The number of pyridine rings is 1. The number of aryl methyl sites for hydroxylation is 1. The smallest absolute Gasteiger partial charge is 0.342 e. The van der Waals surface area contributed by atoms with Gasteiger partial charge in [-0.05, 0) is 6.07 Å². The van der Waals surface area contributed by atoms with Crippen LogP contribution < -0.4 is 10.5 Å². The first-order valence-corrected chi connectivity index (χ1v) is 4.47. The molecule has 0 saturated heterocycles. The Bertz CT molecular complexity index is 484. The number of nitrogen functional groups attached to an aromatic ring is 1. The molecule has 2 aromatic rings. The molecular formula is C8H8ClN5O. The van der Waals surface area contributed by atoms with Gasteiger partial charge in [0.25, 0.3) is 0 Å². The minimum atomic E-state index is 0.194.